The Labute approximate surface area is 105 Å². The van der Waals surface area contributed by atoms with Crippen molar-refractivity contribution in [1.82, 2.24) is 0 Å². The fourth-order valence-corrected chi connectivity index (χ4v) is 2.62. The number of halogens is 2. The summed E-state index contributed by atoms with van der Waals surface area (Å²) in [7, 11) is 0. The van der Waals surface area contributed by atoms with Gasteiger partial charge in [-0.2, -0.15) is 19.3 Å². The molecule has 0 saturated heterocycles. The molecular formula is C12H4F2N2OS. The summed E-state index contributed by atoms with van der Waals surface area (Å²) in [5, 5.41) is 15.8. The monoisotopic (exact) mass is 262 g/mol. The van der Waals surface area contributed by atoms with E-state index in [9.17, 15) is 13.6 Å². The number of allylic oxidation sites excluding steroid dienone is 4. The van der Waals surface area contributed by atoms with E-state index in [1.165, 1.54) is 13.0 Å². The lowest BCUT2D eigenvalue weighted by Gasteiger charge is -1.99. The summed E-state index contributed by atoms with van der Waals surface area (Å²) >= 11 is 0.196. The number of hydrogen-bond donors (Lipinski definition) is 0. The smallest absolute Gasteiger partial charge is 0.197 e. The molecule has 0 unspecified atom stereocenters. The highest BCUT2D eigenvalue weighted by molar-refractivity contribution is 7.09. The van der Waals surface area contributed by atoms with Crippen molar-refractivity contribution in [1.29, 1.82) is 10.5 Å². The van der Waals surface area contributed by atoms with E-state index in [4.69, 9.17) is 10.5 Å². The second-order valence-electron chi connectivity index (χ2n) is 3.40. The first-order chi connectivity index (χ1) is 8.56. The number of ketones is 1. The van der Waals surface area contributed by atoms with Crippen molar-refractivity contribution in [3.63, 3.8) is 0 Å². The SMILES string of the molecule is C/C=C1/C(=O)c2c(F)sc(F)c2C1=C(C#N)C#N. The number of fused-ring (bicyclic) bond motifs is 1. The molecule has 88 valence electrons. The minimum Gasteiger partial charge on any atom is -0.288 e. The average Bonchev–Trinajstić information content (AvgIpc) is 2.79. The molecule has 1 aromatic heterocycles. The van der Waals surface area contributed by atoms with E-state index in [0.717, 1.165) is 0 Å². The van der Waals surface area contributed by atoms with E-state index in [1.54, 1.807) is 12.1 Å². The molecule has 1 aromatic rings. The zero-order chi connectivity index (χ0) is 13.4. The lowest BCUT2D eigenvalue weighted by atomic mass is 10.0. The van der Waals surface area contributed by atoms with E-state index in [-0.39, 0.29) is 33.6 Å². The molecule has 2 rings (SSSR count). The number of nitrogens with zero attached hydrogens (tertiary/aromatic N) is 2. The third-order valence-electron chi connectivity index (χ3n) is 2.58. The molecule has 0 aromatic carbocycles. The van der Waals surface area contributed by atoms with Gasteiger partial charge < -0.3 is 0 Å². The van der Waals surface area contributed by atoms with Crippen molar-refractivity contribution < 1.29 is 13.6 Å². The molecule has 18 heavy (non-hydrogen) atoms. The summed E-state index contributed by atoms with van der Waals surface area (Å²) in [5.74, 6) is -0.692. The first kappa shape index (κ1) is 12.2. The lowest BCUT2D eigenvalue weighted by Crippen LogP contribution is -1.96. The summed E-state index contributed by atoms with van der Waals surface area (Å²) < 4.78 is 27.1. The van der Waals surface area contributed by atoms with E-state index in [1.807, 2.05) is 0 Å². The lowest BCUT2D eigenvalue weighted by molar-refractivity contribution is 0.104. The van der Waals surface area contributed by atoms with Gasteiger partial charge in [-0.1, -0.05) is 17.4 Å². The number of Topliss-reactive ketones (excluding diaryl/α,β-unsaturated/α-hetero) is 1. The van der Waals surface area contributed by atoms with Crippen LogP contribution < -0.4 is 0 Å². The number of thiophene rings is 1. The average molecular weight is 262 g/mol. The Bertz CT molecular complexity index is 698. The van der Waals surface area contributed by atoms with Gasteiger partial charge in [-0.25, -0.2) is 0 Å². The Hall–Kier alpha value is -2.31. The first-order valence-corrected chi connectivity index (χ1v) is 5.62. The molecule has 0 saturated carbocycles. The fraction of sp³-hybridized carbons (Fsp3) is 0.0833. The molecule has 6 heteroatoms. The third-order valence-corrected chi connectivity index (χ3v) is 3.34. The van der Waals surface area contributed by atoms with Crippen LogP contribution in [0.25, 0.3) is 5.57 Å². The number of carbonyl (C=O) groups excluding carboxylic acids is 1. The van der Waals surface area contributed by atoms with Gasteiger partial charge in [-0.05, 0) is 6.92 Å². The van der Waals surface area contributed by atoms with Crippen LogP contribution in [0.15, 0.2) is 17.2 Å². The maximum absolute atomic E-state index is 13.6. The van der Waals surface area contributed by atoms with Gasteiger partial charge >= 0.3 is 0 Å². The van der Waals surface area contributed by atoms with Gasteiger partial charge in [-0.3, -0.25) is 4.79 Å². The van der Waals surface area contributed by atoms with Crippen LogP contribution in [0.1, 0.15) is 22.8 Å². The van der Waals surface area contributed by atoms with E-state index in [2.05, 4.69) is 0 Å². The van der Waals surface area contributed by atoms with Gasteiger partial charge in [0.1, 0.15) is 17.7 Å². The third kappa shape index (κ3) is 1.40. The summed E-state index contributed by atoms with van der Waals surface area (Å²) in [5.41, 5.74) is -1.17. The van der Waals surface area contributed by atoms with Crippen molar-refractivity contribution in [2.45, 2.75) is 6.92 Å². The predicted octanol–water partition coefficient (Wildman–Crippen LogP) is 2.97. The Morgan fingerprint density at radius 1 is 1.22 bits per heavy atom. The standard InChI is InChI=1S/C12H4F2N2OS/c1-2-6-7(5(3-15)4-16)8-9(10(6)17)12(14)18-11(8)13/h2H,1H3/b6-2+. The van der Waals surface area contributed by atoms with Crippen LogP contribution in [0.3, 0.4) is 0 Å². The molecule has 0 radical (unpaired) electrons. The molecule has 1 aliphatic carbocycles. The van der Waals surface area contributed by atoms with Crippen molar-refractivity contribution in [3.05, 3.63) is 38.6 Å². The zero-order valence-corrected chi connectivity index (χ0v) is 9.86. The molecular weight excluding hydrogens is 258 g/mol. The van der Waals surface area contributed by atoms with Crippen LogP contribution in [-0.4, -0.2) is 5.78 Å². The van der Waals surface area contributed by atoms with E-state index in [0.29, 0.717) is 0 Å². The summed E-state index contributed by atoms with van der Waals surface area (Å²) in [6.07, 6.45) is 1.34. The van der Waals surface area contributed by atoms with E-state index >= 15 is 0 Å². The van der Waals surface area contributed by atoms with Crippen molar-refractivity contribution in [3.8, 4) is 12.1 Å². The van der Waals surface area contributed by atoms with Gasteiger partial charge in [0.15, 0.2) is 16.0 Å². The number of rotatable bonds is 0. The van der Waals surface area contributed by atoms with Crippen LogP contribution in [0.5, 0.6) is 0 Å². The van der Waals surface area contributed by atoms with Crippen molar-refractivity contribution in [2.24, 2.45) is 0 Å². The first-order valence-electron chi connectivity index (χ1n) is 4.80. The summed E-state index contributed by atoms with van der Waals surface area (Å²) in [6, 6.07) is 3.19. The Morgan fingerprint density at radius 3 is 2.28 bits per heavy atom. The normalized spacial score (nSPS) is 15.5. The van der Waals surface area contributed by atoms with Gasteiger partial charge in [0.2, 0.25) is 0 Å². The summed E-state index contributed by atoms with van der Waals surface area (Å²) in [4.78, 5) is 11.9. The minimum atomic E-state index is -0.933. The van der Waals surface area contributed by atoms with Gasteiger partial charge in [-0.15, -0.1) is 0 Å². The van der Waals surface area contributed by atoms with Crippen LogP contribution in [0.4, 0.5) is 8.78 Å². The van der Waals surface area contributed by atoms with Crippen LogP contribution in [0, 0.1) is 32.9 Å². The highest BCUT2D eigenvalue weighted by Gasteiger charge is 2.39. The van der Waals surface area contributed by atoms with E-state index < -0.39 is 21.6 Å². The second kappa shape index (κ2) is 4.17. The molecule has 3 nitrogen and oxygen atoms in total. The highest BCUT2D eigenvalue weighted by Crippen LogP contribution is 2.44. The molecule has 0 amide bonds. The maximum Gasteiger partial charge on any atom is 0.197 e. The zero-order valence-electron chi connectivity index (χ0n) is 9.04. The van der Waals surface area contributed by atoms with Crippen LogP contribution >= 0.6 is 11.3 Å². The Balaban J connectivity index is 2.94. The molecule has 1 aliphatic rings. The van der Waals surface area contributed by atoms with Crippen LogP contribution in [0.2, 0.25) is 0 Å². The molecule has 0 fully saturated rings. The fourth-order valence-electron chi connectivity index (χ4n) is 1.86. The van der Waals surface area contributed by atoms with Gasteiger partial charge in [0.05, 0.1) is 5.56 Å². The molecule has 0 spiro atoms. The molecule has 0 N–H and O–H groups in total. The highest BCUT2D eigenvalue weighted by atomic mass is 32.1. The molecule has 1 heterocycles. The van der Waals surface area contributed by atoms with Crippen LogP contribution in [-0.2, 0) is 0 Å². The van der Waals surface area contributed by atoms with Crippen molar-refractivity contribution >= 4 is 22.7 Å². The minimum absolute atomic E-state index is 0.0105. The van der Waals surface area contributed by atoms with Gasteiger partial charge in [0, 0.05) is 16.7 Å². The quantitative estimate of drug-likeness (QED) is 0.533. The molecule has 0 bridgehead atoms. The predicted molar refractivity (Wildman–Crippen MR) is 60.5 cm³/mol. The Kier molecular flexibility index (Phi) is 2.82. The summed E-state index contributed by atoms with van der Waals surface area (Å²) in [6.45, 7) is 1.50. The largest absolute Gasteiger partial charge is 0.288 e. The number of nitriles is 2. The molecule has 0 atom stereocenters. The topological polar surface area (TPSA) is 64.7 Å². The number of hydrogen-bond acceptors (Lipinski definition) is 4. The maximum atomic E-state index is 13.6. The molecule has 0 aliphatic heterocycles. The van der Waals surface area contributed by atoms with Crippen molar-refractivity contribution in [2.75, 3.05) is 0 Å². The second-order valence-corrected chi connectivity index (χ2v) is 4.33. The Morgan fingerprint density at radius 2 is 1.78 bits per heavy atom. The van der Waals surface area contributed by atoms with Gasteiger partial charge in [0.25, 0.3) is 0 Å². The number of carbonyl (C=O) groups is 1.